The molecule has 16 heavy (non-hydrogen) atoms. The van der Waals surface area contributed by atoms with Crippen LogP contribution in [0.1, 0.15) is 19.4 Å². The molecule has 0 radical (unpaired) electrons. The molecule has 0 aliphatic rings. The third kappa shape index (κ3) is 2.83. The normalized spacial score (nSPS) is 11.2. The Balaban J connectivity index is 2.26. The Hall–Kier alpha value is -0.860. The fourth-order valence-electron chi connectivity index (χ4n) is 1.70. The lowest BCUT2D eigenvalue weighted by molar-refractivity contribution is 0.589. The number of nitrogens with one attached hydrogen (secondary N) is 1. The van der Waals surface area contributed by atoms with Gasteiger partial charge in [-0.05, 0) is 34.5 Å². The highest BCUT2D eigenvalue weighted by atomic mass is 79.9. The van der Waals surface area contributed by atoms with Crippen molar-refractivity contribution in [3.05, 3.63) is 46.4 Å². The van der Waals surface area contributed by atoms with E-state index >= 15 is 0 Å². The van der Waals surface area contributed by atoms with Crippen LogP contribution in [0.2, 0.25) is 0 Å². The van der Waals surface area contributed by atoms with E-state index in [1.165, 1.54) is 16.3 Å². The van der Waals surface area contributed by atoms with Crippen LogP contribution in [0.25, 0.3) is 10.8 Å². The lowest BCUT2D eigenvalue weighted by atomic mass is 10.1. The van der Waals surface area contributed by atoms with Gasteiger partial charge in [0, 0.05) is 17.1 Å². The molecule has 0 amide bonds. The van der Waals surface area contributed by atoms with Gasteiger partial charge in [-0.2, -0.15) is 0 Å². The van der Waals surface area contributed by atoms with Crippen molar-refractivity contribution in [2.75, 3.05) is 0 Å². The summed E-state index contributed by atoms with van der Waals surface area (Å²) in [5.41, 5.74) is 1.34. The van der Waals surface area contributed by atoms with Crippen molar-refractivity contribution < 1.29 is 0 Å². The zero-order chi connectivity index (χ0) is 11.5. The summed E-state index contributed by atoms with van der Waals surface area (Å²) in [6.45, 7) is 5.26. The summed E-state index contributed by atoms with van der Waals surface area (Å²) >= 11 is 3.49. The minimum Gasteiger partial charge on any atom is -0.310 e. The maximum absolute atomic E-state index is 3.49. The van der Waals surface area contributed by atoms with Crippen molar-refractivity contribution in [3.8, 4) is 0 Å². The van der Waals surface area contributed by atoms with E-state index in [-0.39, 0.29) is 0 Å². The van der Waals surface area contributed by atoms with Crippen molar-refractivity contribution in [2.45, 2.75) is 26.4 Å². The lowest BCUT2D eigenvalue weighted by Crippen LogP contribution is -2.21. The molecule has 0 atom stereocenters. The summed E-state index contributed by atoms with van der Waals surface area (Å²) < 4.78 is 1.13. The van der Waals surface area contributed by atoms with Crippen LogP contribution in [-0.4, -0.2) is 6.04 Å². The molecule has 0 aromatic heterocycles. The first kappa shape index (κ1) is 11.6. The van der Waals surface area contributed by atoms with Crippen molar-refractivity contribution in [3.63, 3.8) is 0 Å². The number of fused-ring (bicyclic) bond motifs is 1. The molecular weight excluding hydrogens is 262 g/mol. The first-order valence-corrected chi connectivity index (χ1v) is 6.36. The maximum atomic E-state index is 3.49. The van der Waals surface area contributed by atoms with Gasteiger partial charge in [0.1, 0.15) is 0 Å². The van der Waals surface area contributed by atoms with Crippen molar-refractivity contribution in [1.29, 1.82) is 0 Å². The molecule has 0 saturated heterocycles. The fourth-order valence-corrected chi connectivity index (χ4v) is 2.08. The summed E-state index contributed by atoms with van der Waals surface area (Å²) in [4.78, 5) is 0. The predicted molar refractivity (Wildman–Crippen MR) is 73.6 cm³/mol. The van der Waals surface area contributed by atoms with Gasteiger partial charge in [0.05, 0.1) is 0 Å². The SMILES string of the molecule is CC(C)NCc1ccc2cc(Br)ccc2c1. The third-order valence-corrected chi connectivity index (χ3v) is 3.07. The Bertz CT molecular complexity index is 491. The molecule has 1 N–H and O–H groups in total. The number of hydrogen-bond donors (Lipinski definition) is 1. The minimum absolute atomic E-state index is 0.528. The zero-order valence-corrected chi connectivity index (χ0v) is 11.2. The third-order valence-electron chi connectivity index (χ3n) is 2.58. The molecule has 0 aliphatic carbocycles. The number of benzene rings is 2. The summed E-state index contributed by atoms with van der Waals surface area (Å²) in [5, 5.41) is 6.01. The smallest absolute Gasteiger partial charge is 0.0208 e. The van der Waals surface area contributed by atoms with Gasteiger partial charge < -0.3 is 5.32 Å². The van der Waals surface area contributed by atoms with Crippen LogP contribution in [0.5, 0.6) is 0 Å². The standard InChI is InChI=1S/C14H16BrN/c1-10(2)16-9-11-3-4-13-8-14(15)6-5-12(13)7-11/h3-8,10,16H,9H2,1-2H3. The molecule has 0 fully saturated rings. The van der Waals surface area contributed by atoms with E-state index in [9.17, 15) is 0 Å². The van der Waals surface area contributed by atoms with Crippen LogP contribution >= 0.6 is 15.9 Å². The molecule has 0 bridgehead atoms. The zero-order valence-electron chi connectivity index (χ0n) is 9.63. The van der Waals surface area contributed by atoms with Crippen molar-refractivity contribution in [1.82, 2.24) is 5.32 Å². The molecule has 2 aromatic rings. The summed E-state index contributed by atoms with van der Waals surface area (Å²) in [6.07, 6.45) is 0. The Morgan fingerprint density at radius 1 is 1.06 bits per heavy atom. The van der Waals surface area contributed by atoms with E-state index in [2.05, 4.69) is 71.5 Å². The van der Waals surface area contributed by atoms with Crippen LogP contribution in [0.4, 0.5) is 0 Å². The second kappa shape index (κ2) is 4.98. The monoisotopic (exact) mass is 277 g/mol. The molecule has 84 valence electrons. The van der Waals surface area contributed by atoms with Gasteiger partial charge in [-0.3, -0.25) is 0 Å². The molecule has 0 aliphatic heterocycles. The number of hydrogen-bond acceptors (Lipinski definition) is 1. The summed E-state index contributed by atoms with van der Waals surface area (Å²) in [5.74, 6) is 0. The second-order valence-electron chi connectivity index (χ2n) is 4.36. The van der Waals surface area contributed by atoms with E-state index < -0.39 is 0 Å². The molecule has 2 aromatic carbocycles. The highest BCUT2D eigenvalue weighted by Crippen LogP contribution is 2.20. The predicted octanol–water partition coefficient (Wildman–Crippen LogP) is 4.10. The topological polar surface area (TPSA) is 12.0 Å². The average molecular weight is 278 g/mol. The number of halogens is 1. The quantitative estimate of drug-likeness (QED) is 0.891. The molecular formula is C14H16BrN. The summed E-state index contributed by atoms with van der Waals surface area (Å²) in [7, 11) is 0. The van der Waals surface area contributed by atoms with Crippen LogP contribution in [0.3, 0.4) is 0 Å². The van der Waals surface area contributed by atoms with E-state index in [1.807, 2.05) is 0 Å². The van der Waals surface area contributed by atoms with E-state index in [0.29, 0.717) is 6.04 Å². The molecule has 0 unspecified atom stereocenters. The van der Waals surface area contributed by atoms with Crippen LogP contribution < -0.4 is 5.32 Å². The van der Waals surface area contributed by atoms with Gasteiger partial charge in [0.2, 0.25) is 0 Å². The van der Waals surface area contributed by atoms with Crippen LogP contribution in [0, 0.1) is 0 Å². The molecule has 0 saturated carbocycles. The van der Waals surface area contributed by atoms with Crippen molar-refractivity contribution in [2.24, 2.45) is 0 Å². The second-order valence-corrected chi connectivity index (χ2v) is 5.28. The maximum Gasteiger partial charge on any atom is 0.0208 e. The Labute approximate surface area is 105 Å². The first-order valence-electron chi connectivity index (χ1n) is 5.57. The first-order chi connectivity index (χ1) is 7.65. The Morgan fingerprint density at radius 3 is 2.50 bits per heavy atom. The van der Waals surface area contributed by atoms with Crippen LogP contribution in [-0.2, 0) is 6.54 Å². The van der Waals surface area contributed by atoms with Gasteiger partial charge in [-0.15, -0.1) is 0 Å². The molecule has 2 rings (SSSR count). The summed E-state index contributed by atoms with van der Waals surface area (Å²) in [6, 6.07) is 13.5. The molecule has 0 spiro atoms. The molecule has 1 nitrogen and oxygen atoms in total. The van der Waals surface area contributed by atoms with E-state index in [1.54, 1.807) is 0 Å². The lowest BCUT2D eigenvalue weighted by Gasteiger charge is -2.09. The van der Waals surface area contributed by atoms with Gasteiger partial charge >= 0.3 is 0 Å². The average Bonchev–Trinajstić information content (AvgIpc) is 2.26. The largest absolute Gasteiger partial charge is 0.310 e. The van der Waals surface area contributed by atoms with Gasteiger partial charge in [0.15, 0.2) is 0 Å². The van der Waals surface area contributed by atoms with Gasteiger partial charge in [-0.1, -0.05) is 48.0 Å². The Kier molecular flexibility index (Phi) is 3.62. The highest BCUT2D eigenvalue weighted by Gasteiger charge is 1.98. The van der Waals surface area contributed by atoms with Crippen LogP contribution in [0.15, 0.2) is 40.9 Å². The minimum atomic E-state index is 0.528. The number of rotatable bonds is 3. The molecule has 0 heterocycles. The van der Waals surface area contributed by atoms with Crippen molar-refractivity contribution >= 4 is 26.7 Å². The molecule has 2 heteroatoms. The van der Waals surface area contributed by atoms with E-state index in [4.69, 9.17) is 0 Å². The Morgan fingerprint density at radius 2 is 1.75 bits per heavy atom. The fraction of sp³-hybridized carbons (Fsp3) is 0.286. The van der Waals surface area contributed by atoms with Gasteiger partial charge in [-0.25, -0.2) is 0 Å². The van der Waals surface area contributed by atoms with Gasteiger partial charge in [0.25, 0.3) is 0 Å². The highest BCUT2D eigenvalue weighted by molar-refractivity contribution is 9.10. The van der Waals surface area contributed by atoms with E-state index in [0.717, 1.165) is 11.0 Å².